The molecule has 124 valence electrons. The molecule has 25 heavy (non-hydrogen) atoms. The van der Waals surface area contributed by atoms with Gasteiger partial charge in [0, 0.05) is 5.56 Å². The van der Waals surface area contributed by atoms with Crippen LogP contribution in [0, 0.1) is 0 Å². The van der Waals surface area contributed by atoms with E-state index in [1.54, 1.807) is 6.07 Å². The molecule has 0 N–H and O–H groups in total. The molecular formula is C19H12Cl2N2O2. The summed E-state index contributed by atoms with van der Waals surface area (Å²) < 4.78 is 1.03. The van der Waals surface area contributed by atoms with Gasteiger partial charge in [-0.25, -0.2) is 4.68 Å². The lowest BCUT2D eigenvalue weighted by molar-refractivity contribution is 0.0965. The average molecular weight is 371 g/mol. The van der Waals surface area contributed by atoms with E-state index in [9.17, 15) is 9.59 Å². The number of aromatic nitrogens is 2. The molecule has 2 aromatic carbocycles. The summed E-state index contributed by atoms with van der Waals surface area (Å²) in [6, 6.07) is 13.8. The van der Waals surface area contributed by atoms with Gasteiger partial charge in [0.1, 0.15) is 11.6 Å². The molecule has 1 aliphatic carbocycles. The fourth-order valence-electron chi connectivity index (χ4n) is 3.08. The van der Waals surface area contributed by atoms with Crippen LogP contribution in [0.2, 0.25) is 10.0 Å². The molecule has 4 nitrogen and oxygen atoms in total. The Morgan fingerprint density at radius 2 is 1.84 bits per heavy atom. The number of hydrogen-bond donors (Lipinski definition) is 0. The molecule has 0 atom stereocenters. The Morgan fingerprint density at radius 1 is 1.08 bits per heavy atom. The van der Waals surface area contributed by atoms with Crippen LogP contribution in [0.3, 0.4) is 0 Å². The number of carbonyl (C=O) groups excluding carboxylic acids is 1. The van der Waals surface area contributed by atoms with Crippen LogP contribution >= 0.6 is 23.2 Å². The Kier molecular flexibility index (Phi) is 3.94. The van der Waals surface area contributed by atoms with Crippen molar-refractivity contribution >= 4 is 29.0 Å². The van der Waals surface area contributed by atoms with Crippen LogP contribution in [0.1, 0.15) is 21.5 Å². The van der Waals surface area contributed by atoms with Gasteiger partial charge in [-0.1, -0.05) is 59.6 Å². The van der Waals surface area contributed by atoms with E-state index < -0.39 is 5.56 Å². The highest BCUT2D eigenvalue weighted by atomic mass is 35.5. The van der Waals surface area contributed by atoms with Crippen molar-refractivity contribution in [1.82, 2.24) is 9.78 Å². The molecule has 1 aromatic heterocycles. The van der Waals surface area contributed by atoms with Crippen LogP contribution in [-0.4, -0.2) is 15.6 Å². The van der Waals surface area contributed by atoms with E-state index in [1.165, 1.54) is 17.3 Å². The van der Waals surface area contributed by atoms with Crippen LogP contribution in [0.5, 0.6) is 0 Å². The molecule has 1 aliphatic rings. The summed E-state index contributed by atoms with van der Waals surface area (Å²) in [4.78, 5) is 24.6. The van der Waals surface area contributed by atoms with E-state index in [2.05, 4.69) is 17.2 Å². The number of benzene rings is 2. The minimum atomic E-state index is -0.575. The molecule has 0 saturated heterocycles. The number of halogens is 2. The molecule has 3 aromatic rings. The number of fused-ring (bicyclic) bond motifs is 3. The second kappa shape index (κ2) is 6.14. The molecule has 0 aliphatic heterocycles. The highest BCUT2D eigenvalue weighted by Crippen LogP contribution is 2.36. The standard InChI is InChI=1S/C19H12Cl2N2O2/c20-16-9-22-23(19(25)18(16)21)10-17(24)13-6-5-12-7-11-3-1-2-4-14(11)15(12)8-13/h1-6,8-9H,7,10H2. The Bertz CT molecular complexity index is 1070. The van der Waals surface area contributed by atoms with Gasteiger partial charge in [-0.2, -0.15) is 5.10 Å². The summed E-state index contributed by atoms with van der Waals surface area (Å²) in [7, 11) is 0. The smallest absolute Gasteiger partial charge is 0.287 e. The van der Waals surface area contributed by atoms with E-state index in [-0.39, 0.29) is 22.4 Å². The summed E-state index contributed by atoms with van der Waals surface area (Å²) in [5.74, 6) is -0.208. The zero-order valence-electron chi connectivity index (χ0n) is 13.0. The van der Waals surface area contributed by atoms with Crippen molar-refractivity contribution in [2.75, 3.05) is 0 Å². The number of nitrogens with zero attached hydrogens (tertiary/aromatic N) is 2. The van der Waals surface area contributed by atoms with Crippen LogP contribution in [0.25, 0.3) is 11.1 Å². The van der Waals surface area contributed by atoms with Gasteiger partial charge in [0.2, 0.25) is 0 Å². The largest absolute Gasteiger partial charge is 0.292 e. The number of hydrogen-bond acceptors (Lipinski definition) is 3. The van der Waals surface area contributed by atoms with Gasteiger partial charge in [0.25, 0.3) is 5.56 Å². The van der Waals surface area contributed by atoms with E-state index in [4.69, 9.17) is 23.2 Å². The maximum absolute atomic E-state index is 12.6. The Hall–Kier alpha value is -2.43. The second-order valence-corrected chi connectivity index (χ2v) is 6.68. The van der Waals surface area contributed by atoms with Gasteiger partial charge in [0.15, 0.2) is 5.78 Å². The average Bonchev–Trinajstić information content (AvgIpc) is 3.00. The maximum atomic E-state index is 12.6. The van der Waals surface area contributed by atoms with E-state index in [0.29, 0.717) is 5.56 Å². The number of Topliss-reactive ketones (excluding diaryl/α,β-unsaturated/α-hetero) is 1. The molecule has 0 spiro atoms. The Balaban J connectivity index is 1.67. The molecular weight excluding hydrogens is 359 g/mol. The molecule has 0 unspecified atom stereocenters. The first-order valence-electron chi connectivity index (χ1n) is 7.70. The number of carbonyl (C=O) groups is 1. The lowest BCUT2D eigenvalue weighted by Gasteiger charge is -2.07. The molecule has 0 fully saturated rings. The van der Waals surface area contributed by atoms with Crippen molar-refractivity contribution in [2.24, 2.45) is 0 Å². The van der Waals surface area contributed by atoms with Gasteiger partial charge >= 0.3 is 0 Å². The first-order chi connectivity index (χ1) is 12.0. The molecule has 0 amide bonds. The molecule has 6 heteroatoms. The van der Waals surface area contributed by atoms with Crippen molar-refractivity contribution in [3.05, 3.63) is 85.8 Å². The fraction of sp³-hybridized carbons (Fsp3) is 0.105. The quantitative estimate of drug-likeness (QED) is 0.512. The third-order valence-electron chi connectivity index (χ3n) is 4.36. The predicted molar refractivity (Wildman–Crippen MR) is 97.5 cm³/mol. The van der Waals surface area contributed by atoms with Gasteiger partial charge in [0.05, 0.1) is 11.2 Å². The zero-order chi connectivity index (χ0) is 17.6. The van der Waals surface area contributed by atoms with Crippen molar-refractivity contribution in [3.63, 3.8) is 0 Å². The van der Waals surface area contributed by atoms with Gasteiger partial charge in [-0.15, -0.1) is 0 Å². The van der Waals surface area contributed by atoms with Crippen molar-refractivity contribution in [2.45, 2.75) is 13.0 Å². The minimum Gasteiger partial charge on any atom is -0.292 e. The molecule has 0 radical (unpaired) electrons. The van der Waals surface area contributed by atoms with Crippen LogP contribution in [0.15, 0.2) is 53.5 Å². The maximum Gasteiger partial charge on any atom is 0.287 e. The lowest BCUT2D eigenvalue weighted by Crippen LogP contribution is -2.27. The molecule has 0 bridgehead atoms. The number of rotatable bonds is 3. The monoisotopic (exact) mass is 370 g/mol. The van der Waals surface area contributed by atoms with Crippen LogP contribution in [-0.2, 0) is 13.0 Å². The summed E-state index contributed by atoms with van der Waals surface area (Å²) >= 11 is 11.6. The third kappa shape index (κ3) is 2.77. The van der Waals surface area contributed by atoms with Crippen LogP contribution in [0.4, 0.5) is 0 Å². The zero-order valence-corrected chi connectivity index (χ0v) is 14.5. The first-order valence-corrected chi connectivity index (χ1v) is 8.45. The van der Waals surface area contributed by atoms with Gasteiger partial charge in [-0.05, 0) is 34.7 Å². The van der Waals surface area contributed by atoms with Gasteiger partial charge in [-0.3, -0.25) is 9.59 Å². The van der Waals surface area contributed by atoms with E-state index in [0.717, 1.165) is 22.2 Å². The van der Waals surface area contributed by atoms with E-state index in [1.807, 2.05) is 24.3 Å². The molecule has 1 heterocycles. The summed E-state index contributed by atoms with van der Waals surface area (Å²) in [6.07, 6.45) is 2.13. The van der Waals surface area contributed by atoms with Gasteiger partial charge < -0.3 is 0 Å². The fourth-order valence-corrected chi connectivity index (χ4v) is 3.35. The Labute approximate surface area is 153 Å². The third-order valence-corrected chi connectivity index (χ3v) is 5.10. The summed E-state index contributed by atoms with van der Waals surface area (Å²) in [5.41, 5.74) is 4.63. The minimum absolute atomic E-state index is 0.0736. The molecule has 4 rings (SSSR count). The highest BCUT2D eigenvalue weighted by Gasteiger charge is 2.20. The first kappa shape index (κ1) is 16.1. The predicted octanol–water partition coefficient (Wildman–Crippen LogP) is 4.00. The normalized spacial score (nSPS) is 11.9. The molecule has 0 saturated carbocycles. The highest BCUT2D eigenvalue weighted by molar-refractivity contribution is 6.41. The topological polar surface area (TPSA) is 52.0 Å². The van der Waals surface area contributed by atoms with E-state index >= 15 is 0 Å². The lowest BCUT2D eigenvalue weighted by atomic mass is 10.0. The van der Waals surface area contributed by atoms with Crippen LogP contribution < -0.4 is 5.56 Å². The SMILES string of the molecule is O=C(Cn1ncc(Cl)c(Cl)c1=O)c1ccc2c(c1)-c1ccccc1C2. The summed E-state index contributed by atoms with van der Waals surface area (Å²) in [5, 5.41) is 3.82. The van der Waals surface area contributed by atoms with Crippen molar-refractivity contribution in [1.29, 1.82) is 0 Å². The summed E-state index contributed by atoms with van der Waals surface area (Å²) in [6.45, 7) is -0.184. The number of ketones is 1. The second-order valence-electron chi connectivity index (χ2n) is 5.90. The van der Waals surface area contributed by atoms with Crippen molar-refractivity contribution < 1.29 is 4.79 Å². The van der Waals surface area contributed by atoms with Crippen molar-refractivity contribution in [3.8, 4) is 11.1 Å². The Morgan fingerprint density at radius 3 is 2.68 bits per heavy atom.